The monoisotopic (exact) mass is 329 g/mol. The summed E-state index contributed by atoms with van der Waals surface area (Å²) in [7, 11) is 0. The quantitative estimate of drug-likeness (QED) is 0.876. The molecule has 0 atom stereocenters. The number of hydrogen-bond donors (Lipinski definition) is 1. The van der Waals surface area contributed by atoms with Crippen molar-refractivity contribution in [3.8, 4) is 0 Å². The van der Waals surface area contributed by atoms with Gasteiger partial charge in [0.2, 0.25) is 0 Å². The van der Waals surface area contributed by atoms with Crippen molar-refractivity contribution < 1.29 is 9.90 Å². The molecule has 1 saturated carbocycles. The van der Waals surface area contributed by atoms with Gasteiger partial charge in [-0.3, -0.25) is 4.79 Å². The van der Waals surface area contributed by atoms with Gasteiger partial charge in [0.1, 0.15) is 23.1 Å². The van der Waals surface area contributed by atoms with E-state index in [9.17, 15) is 14.7 Å². The summed E-state index contributed by atoms with van der Waals surface area (Å²) in [6.45, 7) is 1.46. The number of carbonyl (C=O) groups excluding carboxylic acids is 1. The summed E-state index contributed by atoms with van der Waals surface area (Å²) in [5.74, 6) is 0.615. The van der Waals surface area contributed by atoms with Crippen molar-refractivity contribution in [2.45, 2.75) is 58.3 Å². The minimum absolute atomic E-state index is 0.0281. The average molecular weight is 329 g/mol. The fraction of sp³-hybridized carbons (Fsp3) is 0.556. The summed E-state index contributed by atoms with van der Waals surface area (Å²) < 4.78 is 1.65. The third kappa shape index (κ3) is 3.47. The number of aliphatic hydroxyl groups is 1. The van der Waals surface area contributed by atoms with Crippen LogP contribution < -0.4 is 10.6 Å². The summed E-state index contributed by atoms with van der Waals surface area (Å²) in [5.41, 5.74) is 0.963. The molecule has 3 rings (SSSR count). The summed E-state index contributed by atoms with van der Waals surface area (Å²) in [5, 5.41) is 14.6. The lowest BCUT2D eigenvalue weighted by atomic mass is 10.0. The van der Waals surface area contributed by atoms with Crippen LogP contribution in [0.15, 0.2) is 17.2 Å². The Morgan fingerprint density at radius 2 is 2.08 bits per heavy atom. The van der Waals surface area contributed by atoms with Gasteiger partial charge in [0.05, 0.1) is 0 Å². The lowest BCUT2D eigenvalue weighted by molar-refractivity contribution is -0.116. The highest BCUT2D eigenvalue weighted by Gasteiger charge is 2.17. The zero-order valence-electron chi connectivity index (χ0n) is 14.0. The molecule has 0 bridgehead atoms. The molecule has 0 aliphatic heterocycles. The number of fused-ring (bicyclic) bond motifs is 1. The van der Waals surface area contributed by atoms with Crippen LogP contribution in [0.2, 0.25) is 0 Å². The van der Waals surface area contributed by atoms with Crippen molar-refractivity contribution in [3.63, 3.8) is 0 Å². The minimum atomic E-state index is -0.252. The summed E-state index contributed by atoms with van der Waals surface area (Å²) in [6, 6.07) is 1.55. The summed E-state index contributed by atoms with van der Waals surface area (Å²) >= 11 is 0. The van der Waals surface area contributed by atoms with Gasteiger partial charge < -0.3 is 9.90 Å². The van der Waals surface area contributed by atoms with Gasteiger partial charge in [-0.2, -0.15) is 5.10 Å². The summed E-state index contributed by atoms with van der Waals surface area (Å²) in [4.78, 5) is 27.7. The van der Waals surface area contributed by atoms with Crippen LogP contribution in [0.3, 0.4) is 0 Å². The smallest absolute Gasteiger partial charge is 0.194 e. The van der Waals surface area contributed by atoms with Crippen LogP contribution >= 0.6 is 0 Å². The van der Waals surface area contributed by atoms with Crippen molar-refractivity contribution in [2.75, 3.05) is 0 Å². The van der Waals surface area contributed by atoms with Crippen LogP contribution in [-0.2, 0) is 11.2 Å². The van der Waals surface area contributed by atoms with Gasteiger partial charge in [0.25, 0.3) is 0 Å². The van der Waals surface area contributed by atoms with Gasteiger partial charge in [-0.05, 0) is 25.7 Å². The van der Waals surface area contributed by atoms with E-state index in [4.69, 9.17) is 0 Å². The van der Waals surface area contributed by atoms with E-state index in [1.165, 1.54) is 38.9 Å². The van der Waals surface area contributed by atoms with Gasteiger partial charge in [-0.25, -0.2) is 9.50 Å². The number of aryl methyl sites for hydroxylation is 1. The van der Waals surface area contributed by atoms with Crippen LogP contribution in [0.1, 0.15) is 57.6 Å². The lowest BCUT2D eigenvalue weighted by Gasteiger charge is -2.09. The third-order valence-corrected chi connectivity index (χ3v) is 4.87. The van der Waals surface area contributed by atoms with Crippen molar-refractivity contribution in [2.24, 2.45) is 5.92 Å². The number of aromatic nitrogens is 3. The van der Waals surface area contributed by atoms with Crippen molar-refractivity contribution >= 4 is 17.2 Å². The second-order valence-corrected chi connectivity index (χ2v) is 6.71. The first kappa shape index (κ1) is 16.6. The Morgan fingerprint density at radius 1 is 1.33 bits per heavy atom. The van der Waals surface area contributed by atoms with Crippen LogP contribution in [0.4, 0.5) is 0 Å². The zero-order valence-corrected chi connectivity index (χ0v) is 14.0. The highest BCUT2D eigenvalue weighted by molar-refractivity contribution is 5.76. The average Bonchev–Trinajstić information content (AvgIpc) is 3.21. The molecule has 0 spiro atoms. The number of rotatable bonds is 6. The highest BCUT2D eigenvalue weighted by atomic mass is 16.3. The largest absolute Gasteiger partial charge is 0.511 e. The SMILES string of the molecule is CC(=O)CCC(O)=c1c(=O)cc(CCC2CCCC2)n2ncnc12. The molecule has 1 N–H and O–H groups in total. The molecular formula is C18H23N3O3. The maximum Gasteiger partial charge on any atom is 0.194 e. The predicted molar refractivity (Wildman–Crippen MR) is 90.7 cm³/mol. The van der Waals surface area contributed by atoms with Crippen molar-refractivity contribution in [1.82, 2.24) is 14.6 Å². The van der Waals surface area contributed by atoms with E-state index in [0.717, 1.165) is 24.5 Å². The molecule has 1 aliphatic carbocycles. The summed E-state index contributed by atoms with van der Waals surface area (Å²) in [6.07, 6.45) is 8.72. The Morgan fingerprint density at radius 3 is 2.79 bits per heavy atom. The lowest BCUT2D eigenvalue weighted by Crippen LogP contribution is -2.31. The molecule has 0 amide bonds. The van der Waals surface area contributed by atoms with Gasteiger partial charge >= 0.3 is 0 Å². The fourth-order valence-corrected chi connectivity index (χ4v) is 3.54. The number of ketones is 1. The van der Waals surface area contributed by atoms with E-state index < -0.39 is 0 Å². The van der Waals surface area contributed by atoms with Crippen LogP contribution in [0, 0.1) is 5.92 Å². The van der Waals surface area contributed by atoms with E-state index in [1.807, 2.05) is 0 Å². The van der Waals surface area contributed by atoms with Gasteiger partial charge in [-0.1, -0.05) is 25.7 Å². The first-order chi connectivity index (χ1) is 11.6. The number of nitrogens with zero attached hydrogens (tertiary/aromatic N) is 3. The third-order valence-electron chi connectivity index (χ3n) is 4.87. The Labute approximate surface area is 140 Å². The van der Waals surface area contributed by atoms with E-state index >= 15 is 0 Å². The van der Waals surface area contributed by atoms with Crippen molar-refractivity contribution in [3.05, 3.63) is 33.5 Å². The molecule has 6 nitrogen and oxygen atoms in total. The van der Waals surface area contributed by atoms with Gasteiger partial charge in [0, 0.05) is 24.6 Å². The maximum atomic E-state index is 12.5. The Bertz CT molecular complexity index is 850. The number of carbonyl (C=O) groups is 1. The molecule has 1 fully saturated rings. The van der Waals surface area contributed by atoms with Crippen LogP contribution in [-0.4, -0.2) is 25.5 Å². The number of Topliss-reactive ketones (excluding diaryl/α,β-unsaturated/α-hetero) is 1. The van der Waals surface area contributed by atoms with Gasteiger partial charge in [0.15, 0.2) is 11.1 Å². The second kappa shape index (κ2) is 7.11. The molecule has 24 heavy (non-hydrogen) atoms. The normalized spacial score (nSPS) is 16.7. The Balaban J connectivity index is 1.95. The predicted octanol–water partition coefficient (Wildman–Crippen LogP) is 1.97. The first-order valence-corrected chi connectivity index (χ1v) is 8.63. The van der Waals surface area contributed by atoms with E-state index in [2.05, 4.69) is 10.1 Å². The van der Waals surface area contributed by atoms with Gasteiger partial charge in [-0.15, -0.1) is 0 Å². The molecule has 0 unspecified atom stereocenters. The molecule has 0 aromatic carbocycles. The molecule has 1 aliphatic rings. The molecule has 6 heteroatoms. The molecule has 128 valence electrons. The molecule has 2 heterocycles. The fourth-order valence-electron chi connectivity index (χ4n) is 3.54. The molecule has 2 aromatic rings. The van der Waals surface area contributed by atoms with Crippen LogP contribution in [0.25, 0.3) is 11.4 Å². The Kier molecular flexibility index (Phi) is 4.92. The molecular weight excluding hydrogens is 306 g/mol. The zero-order chi connectivity index (χ0) is 17.1. The minimum Gasteiger partial charge on any atom is -0.511 e. The van der Waals surface area contributed by atoms with E-state index in [0.29, 0.717) is 5.65 Å². The highest BCUT2D eigenvalue weighted by Crippen LogP contribution is 2.28. The molecule has 0 radical (unpaired) electrons. The van der Waals surface area contributed by atoms with E-state index in [1.54, 1.807) is 10.6 Å². The molecule has 0 saturated heterocycles. The first-order valence-electron chi connectivity index (χ1n) is 8.63. The number of pyridine rings is 1. The number of aliphatic hydroxyl groups excluding tert-OH is 1. The van der Waals surface area contributed by atoms with Crippen LogP contribution in [0.5, 0.6) is 0 Å². The maximum absolute atomic E-state index is 12.5. The molecule has 2 aromatic heterocycles. The Hall–Kier alpha value is -2.24. The second-order valence-electron chi connectivity index (χ2n) is 6.71. The number of hydrogen-bond acceptors (Lipinski definition) is 5. The van der Waals surface area contributed by atoms with E-state index in [-0.39, 0.29) is 35.0 Å². The standard InChI is InChI=1S/C18H23N3O3/c1-12(22)6-9-15(23)17-16(24)10-14(21-18(17)19-11-20-21)8-7-13-4-2-3-5-13/h10-11,13,23H,2-9H2,1H3. The van der Waals surface area contributed by atoms with Crippen molar-refractivity contribution in [1.29, 1.82) is 0 Å². The topological polar surface area (TPSA) is 84.6 Å².